The highest BCUT2D eigenvalue weighted by molar-refractivity contribution is 7.99. The molecular formula is C16H18OS. The highest BCUT2D eigenvalue weighted by Gasteiger charge is 2.12. The molecule has 1 nitrogen and oxygen atoms in total. The summed E-state index contributed by atoms with van der Waals surface area (Å²) in [5.74, 6) is 0. The van der Waals surface area contributed by atoms with Crippen molar-refractivity contribution in [3.8, 4) is 0 Å². The molecule has 2 aromatic rings. The molecule has 2 rings (SSSR count). The van der Waals surface area contributed by atoms with Crippen LogP contribution in [0.3, 0.4) is 0 Å². The summed E-state index contributed by atoms with van der Waals surface area (Å²) in [5.41, 5.74) is 3.72. The topological polar surface area (TPSA) is 20.2 Å². The van der Waals surface area contributed by atoms with Crippen molar-refractivity contribution in [2.45, 2.75) is 24.0 Å². The van der Waals surface area contributed by atoms with E-state index in [4.69, 9.17) is 0 Å². The molecule has 2 heteroatoms. The molecule has 0 unspecified atom stereocenters. The van der Waals surface area contributed by atoms with E-state index >= 15 is 0 Å². The van der Waals surface area contributed by atoms with Gasteiger partial charge in [0.2, 0.25) is 0 Å². The van der Waals surface area contributed by atoms with E-state index in [1.54, 1.807) is 11.8 Å². The lowest BCUT2D eigenvalue weighted by molar-refractivity contribution is 0.296. The van der Waals surface area contributed by atoms with Gasteiger partial charge in [-0.3, -0.25) is 0 Å². The maximum absolute atomic E-state index is 9.57. The van der Waals surface area contributed by atoms with Crippen LogP contribution in [0.4, 0.5) is 0 Å². The maximum atomic E-state index is 9.57. The zero-order valence-corrected chi connectivity index (χ0v) is 11.6. The summed E-state index contributed by atoms with van der Waals surface area (Å²) < 4.78 is 0. The van der Waals surface area contributed by atoms with Gasteiger partial charge in [0, 0.05) is 4.90 Å². The zero-order chi connectivity index (χ0) is 13.0. The Morgan fingerprint density at radius 2 is 1.78 bits per heavy atom. The number of aliphatic hydroxyl groups excluding tert-OH is 1. The maximum Gasteiger partial charge on any atom is 0.0594 e. The smallest absolute Gasteiger partial charge is 0.0594 e. The molecule has 0 saturated heterocycles. The Hall–Kier alpha value is -1.25. The third-order valence-corrected chi connectivity index (χ3v) is 4.35. The highest BCUT2D eigenvalue weighted by atomic mass is 32.2. The summed E-state index contributed by atoms with van der Waals surface area (Å²) in [4.78, 5) is 1.24. The van der Waals surface area contributed by atoms with Gasteiger partial charge in [-0.15, -0.1) is 11.8 Å². The van der Waals surface area contributed by atoms with E-state index in [9.17, 15) is 5.11 Å². The van der Waals surface area contributed by atoms with Crippen LogP contribution in [0.25, 0.3) is 0 Å². The van der Waals surface area contributed by atoms with Gasteiger partial charge in [0.25, 0.3) is 0 Å². The molecular weight excluding hydrogens is 240 g/mol. The quantitative estimate of drug-likeness (QED) is 0.832. The van der Waals surface area contributed by atoms with Crippen molar-refractivity contribution in [1.82, 2.24) is 0 Å². The number of thioether (sulfide) groups is 1. The van der Waals surface area contributed by atoms with Crippen molar-refractivity contribution in [2.75, 3.05) is 6.61 Å². The average Bonchev–Trinajstić information content (AvgIpc) is 2.39. The fraction of sp³-hybridized carbons (Fsp3) is 0.250. The van der Waals surface area contributed by atoms with Gasteiger partial charge in [0.15, 0.2) is 0 Å². The van der Waals surface area contributed by atoms with Crippen LogP contribution in [0.5, 0.6) is 0 Å². The van der Waals surface area contributed by atoms with Gasteiger partial charge < -0.3 is 5.11 Å². The van der Waals surface area contributed by atoms with E-state index in [0.29, 0.717) is 0 Å². The van der Waals surface area contributed by atoms with Crippen LogP contribution in [-0.4, -0.2) is 11.7 Å². The average molecular weight is 258 g/mol. The number of hydrogen-bond acceptors (Lipinski definition) is 2. The summed E-state index contributed by atoms with van der Waals surface area (Å²) in [6, 6.07) is 16.6. The van der Waals surface area contributed by atoms with E-state index < -0.39 is 0 Å². The van der Waals surface area contributed by atoms with Crippen LogP contribution in [0.2, 0.25) is 0 Å². The van der Waals surface area contributed by atoms with Gasteiger partial charge in [0.05, 0.1) is 11.9 Å². The Bertz CT molecular complexity index is 508. The molecule has 0 aliphatic heterocycles. The molecule has 0 radical (unpaired) electrons. The van der Waals surface area contributed by atoms with Crippen molar-refractivity contribution < 1.29 is 5.11 Å². The Labute approximate surface area is 113 Å². The fourth-order valence-corrected chi connectivity index (χ4v) is 3.03. The Balaban J connectivity index is 2.21. The van der Waals surface area contributed by atoms with Crippen LogP contribution in [0.1, 0.15) is 21.9 Å². The molecule has 0 saturated carbocycles. The largest absolute Gasteiger partial charge is 0.395 e. The van der Waals surface area contributed by atoms with Crippen LogP contribution >= 0.6 is 11.8 Å². The third kappa shape index (κ3) is 3.15. The van der Waals surface area contributed by atoms with Gasteiger partial charge in [-0.1, -0.05) is 48.0 Å². The summed E-state index contributed by atoms with van der Waals surface area (Å²) >= 11 is 1.73. The highest BCUT2D eigenvalue weighted by Crippen LogP contribution is 2.36. The predicted molar refractivity (Wildman–Crippen MR) is 78.0 cm³/mol. The fourth-order valence-electron chi connectivity index (χ4n) is 1.96. The van der Waals surface area contributed by atoms with Gasteiger partial charge in [-0.05, 0) is 31.0 Å². The molecule has 0 aliphatic rings. The second-order valence-electron chi connectivity index (χ2n) is 4.47. The van der Waals surface area contributed by atoms with Gasteiger partial charge in [-0.25, -0.2) is 0 Å². The van der Waals surface area contributed by atoms with E-state index in [1.165, 1.54) is 21.6 Å². The summed E-state index contributed by atoms with van der Waals surface area (Å²) in [5, 5.41) is 9.67. The molecule has 94 valence electrons. The van der Waals surface area contributed by atoms with Crippen molar-refractivity contribution in [1.29, 1.82) is 0 Å². The van der Waals surface area contributed by atoms with E-state index in [2.05, 4.69) is 44.2 Å². The number of aliphatic hydroxyl groups is 1. The molecule has 0 aliphatic carbocycles. The minimum atomic E-state index is 0.104. The normalized spacial score (nSPS) is 12.4. The standard InChI is InChI=1S/C16H18OS/c1-12-8-9-15(13(2)10-12)18-16(11-17)14-6-4-3-5-7-14/h3-10,16-17H,11H2,1-2H3/t16-/m1/s1. The molecule has 0 spiro atoms. The number of benzene rings is 2. The Morgan fingerprint density at radius 1 is 1.06 bits per heavy atom. The van der Waals surface area contributed by atoms with E-state index in [1.807, 2.05) is 18.2 Å². The minimum Gasteiger partial charge on any atom is -0.395 e. The number of hydrogen-bond donors (Lipinski definition) is 1. The summed E-state index contributed by atoms with van der Waals surface area (Å²) in [7, 11) is 0. The van der Waals surface area contributed by atoms with Crippen molar-refractivity contribution in [3.05, 3.63) is 65.2 Å². The second kappa shape index (κ2) is 6.07. The number of rotatable bonds is 4. The van der Waals surface area contributed by atoms with E-state index in [-0.39, 0.29) is 11.9 Å². The summed E-state index contributed by atoms with van der Waals surface area (Å²) in [6.45, 7) is 4.37. The van der Waals surface area contributed by atoms with Crippen LogP contribution in [-0.2, 0) is 0 Å². The first kappa shape index (κ1) is 13.2. The van der Waals surface area contributed by atoms with Crippen LogP contribution in [0, 0.1) is 13.8 Å². The van der Waals surface area contributed by atoms with Gasteiger partial charge >= 0.3 is 0 Å². The van der Waals surface area contributed by atoms with Crippen molar-refractivity contribution in [2.24, 2.45) is 0 Å². The molecule has 18 heavy (non-hydrogen) atoms. The SMILES string of the molecule is Cc1ccc(S[C@H](CO)c2ccccc2)c(C)c1. The minimum absolute atomic E-state index is 0.104. The van der Waals surface area contributed by atoms with Crippen LogP contribution in [0.15, 0.2) is 53.4 Å². The second-order valence-corrected chi connectivity index (χ2v) is 5.71. The van der Waals surface area contributed by atoms with Crippen molar-refractivity contribution >= 4 is 11.8 Å². The lowest BCUT2D eigenvalue weighted by atomic mass is 10.1. The van der Waals surface area contributed by atoms with Crippen molar-refractivity contribution in [3.63, 3.8) is 0 Å². The predicted octanol–water partition coefficient (Wildman–Crippen LogP) is 4.13. The molecule has 2 aromatic carbocycles. The lowest BCUT2D eigenvalue weighted by Crippen LogP contribution is -1.99. The monoisotopic (exact) mass is 258 g/mol. The Morgan fingerprint density at radius 3 is 2.39 bits per heavy atom. The Kier molecular flexibility index (Phi) is 4.45. The van der Waals surface area contributed by atoms with Gasteiger partial charge in [0.1, 0.15) is 0 Å². The molecule has 0 amide bonds. The molecule has 0 aromatic heterocycles. The first-order valence-electron chi connectivity index (χ1n) is 6.10. The third-order valence-electron chi connectivity index (χ3n) is 2.94. The number of aryl methyl sites for hydroxylation is 2. The molecule has 1 atom stereocenters. The zero-order valence-electron chi connectivity index (χ0n) is 10.8. The molecule has 0 bridgehead atoms. The molecule has 0 heterocycles. The van der Waals surface area contributed by atoms with Crippen LogP contribution < -0.4 is 0 Å². The molecule has 0 fully saturated rings. The first-order valence-corrected chi connectivity index (χ1v) is 6.98. The first-order chi connectivity index (χ1) is 8.70. The van der Waals surface area contributed by atoms with Gasteiger partial charge in [-0.2, -0.15) is 0 Å². The van der Waals surface area contributed by atoms with E-state index in [0.717, 1.165) is 0 Å². The molecule has 1 N–H and O–H groups in total. The lowest BCUT2D eigenvalue weighted by Gasteiger charge is -2.16. The summed E-state index contributed by atoms with van der Waals surface area (Å²) in [6.07, 6.45) is 0.